The Morgan fingerprint density at radius 1 is 1.11 bits per heavy atom. The van der Waals surface area contributed by atoms with Gasteiger partial charge in [-0.2, -0.15) is 4.98 Å². The van der Waals surface area contributed by atoms with Crippen LogP contribution >= 0.6 is 0 Å². The van der Waals surface area contributed by atoms with E-state index in [1.165, 1.54) is 6.33 Å². The lowest BCUT2D eigenvalue weighted by molar-refractivity contribution is 0.0517. The van der Waals surface area contributed by atoms with Gasteiger partial charge in [-0.25, -0.2) is 9.78 Å². The molecule has 146 valence electrons. The van der Waals surface area contributed by atoms with Crippen LogP contribution in [0.1, 0.15) is 17.4 Å². The second kappa shape index (κ2) is 7.71. The highest BCUT2D eigenvalue weighted by Crippen LogP contribution is 2.28. The Morgan fingerprint density at radius 2 is 1.82 bits per heavy atom. The van der Waals surface area contributed by atoms with Crippen molar-refractivity contribution in [3.05, 3.63) is 36.3 Å². The fourth-order valence-corrected chi connectivity index (χ4v) is 3.32. The SMILES string of the molecule is CCOC(=O)c1noc2ncnc(N3CCN(c4ccc(OC)cc4)CC3)c12. The largest absolute Gasteiger partial charge is 0.497 e. The smallest absolute Gasteiger partial charge is 0.361 e. The van der Waals surface area contributed by atoms with Gasteiger partial charge in [0, 0.05) is 31.9 Å². The zero-order valence-electron chi connectivity index (χ0n) is 15.8. The van der Waals surface area contributed by atoms with Crippen LogP contribution in [0.15, 0.2) is 35.1 Å². The Kier molecular flexibility index (Phi) is 4.96. The van der Waals surface area contributed by atoms with Crippen LogP contribution in [0.25, 0.3) is 11.1 Å². The van der Waals surface area contributed by atoms with Crippen molar-refractivity contribution in [1.82, 2.24) is 15.1 Å². The molecule has 0 aliphatic carbocycles. The van der Waals surface area contributed by atoms with Crippen molar-refractivity contribution >= 4 is 28.6 Å². The molecule has 1 aliphatic heterocycles. The molecule has 1 aliphatic rings. The first kappa shape index (κ1) is 18.0. The van der Waals surface area contributed by atoms with E-state index < -0.39 is 5.97 Å². The summed E-state index contributed by atoms with van der Waals surface area (Å²) in [7, 11) is 1.66. The number of aromatic nitrogens is 3. The van der Waals surface area contributed by atoms with Crippen LogP contribution in [0.5, 0.6) is 5.75 Å². The van der Waals surface area contributed by atoms with Gasteiger partial charge < -0.3 is 23.8 Å². The number of hydrogen-bond acceptors (Lipinski definition) is 9. The number of nitrogens with zero attached hydrogens (tertiary/aromatic N) is 5. The molecule has 0 atom stereocenters. The molecule has 1 aromatic carbocycles. The molecule has 28 heavy (non-hydrogen) atoms. The molecule has 9 nitrogen and oxygen atoms in total. The number of carbonyl (C=O) groups is 1. The average molecular weight is 383 g/mol. The van der Waals surface area contributed by atoms with Crippen LogP contribution in [-0.4, -0.2) is 61.0 Å². The summed E-state index contributed by atoms with van der Waals surface area (Å²) in [5.74, 6) is 0.947. The topological polar surface area (TPSA) is 93.8 Å². The summed E-state index contributed by atoms with van der Waals surface area (Å²) in [5.41, 5.74) is 1.54. The van der Waals surface area contributed by atoms with Gasteiger partial charge in [0.05, 0.1) is 13.7 Å². The number of methoxy groups -OCH3 is 1. The number of rotatable bonds is 5. The van der Waals surface area contributed by atoms with E-state index in [1.54, 1.807) is 14.0 Å². The Hall–Kier alpha value is -3.36. The molecule has 0 saturated carbocycles. The van der Waals surface area contributed by atoms with Crippen molar-refractivity contribution in [3.63, 3.8) is 0 Å². The summed E-state index contributed by atoms with van der Waals surface area (Å²) in [4.78, 5) is 25.1. The standard InChI is InChI=1S/C19H21N5O4/c1-3-27-19(25)16-15-17(20-12-21-18(15)28-22-16)24-10-8-23(9-11-24)13-4-6-14(26-2)7-5-13/h4-7,12H,3,8-11H2,1-2H3. The lowest BCUT2D eigenvalue weighted by atomic mass is 10.2. The summed E-state index contributed by atoms with van der Waals surface area (Å²) in [6.45, 7) is 5.12. The summed E-state index contributed by atoms with van der Waals surface area (Å²) < 4.78 is 15.5. The van der Waals surface area contributed by atoms with Crippen molar-refractivity contribution < 1.29 is 18.8 Å². The van der Waals surface area contributed by atoms with Crippen LogP contribution in [-0.2, 0) is 4.74 Å². The van der Waals surface area contributed by atoms with Gasteiger partial charge in [0.2, 0.25) is 5.69 Å². The highest BCUT2D eigenvalue weighted by Gasteiger charge is 2.27. The van der Waals surface area contributed by atoms with E-state index >= 15 is 0 Å². The Morgan fingerprint density at radius 3 is 2.50 bits per heavy atom. The quantitative estimate of drug-likeness (QED) is 0.614. The minimum atomic E-state index is -0.533. The lowest BCUT2D eigenvalue weighted by Gasteiger charge is -2.36. The summed E-state index contributed by atoms with van der Waals surface area (Å²) >= 11 is 0. The number of anilines is 2. The number of benzene rings is 1. The minimum Gasteiger partial charge on any atom is -0.497 e. The van der Waals surface area contributed by atoms with Crippen LogP contribution in [0.4, 0.5) is 11.5 Å². The second-order valence-corrected chi connectivity index (χ2v) is 6.30. The van der Waals surface area contributed by atoms with Crippen molar-refractivity contribution in [2.24, 2.45) is 0 Å². The van der Waals surface area contributed by atoms with Crippen molar-refractivity contribution in [2.75, 3.05) is 49.7 Å². The molecule has 3 heterocycles. The number of piperazine rings is 1. The van der Waals surface area contributed by atoms with E-state index in [-0.39, 0.29) is 18.0 Å². The zero-order chi connectivity index (χ0) is 19.5. The van der Waals surface area contributed by atoms with E-state index in [0.717, 1.165) is 37.6 Å². The van der Waals surface area contributed by atoms with Crippen molar-refractivity contribution in [3.8, 4) is 5.75 Å². The maximum Gasteiger partial charge on any atom is 0.361 e. The van der Waals surface area contributed by atoms with Crippen LogP contribution in [0, 0.1) is 0 Å². The fourth-order valence-electron chi connectivity index (χ4n) is 3.32. The molecule has 0 amide bonds. The molecular formula is C19H21N5O4. The maximum absolute atomic E-state index is 12.2. The Balaban J connectivity index is 1.55. The number of hydrogen-bond donors (Lipinski definition) is 0. The van der Waals surface area contributed by atoms with Gasteiger partial charge in [-0.3, -0.25) is 0 Å². The molecule has 0 bridgehead atoms. The first-order chi connectivity index (χ1) is 13.7. The molecular weight excluding hydrogens is 362 g/mol. The molecule has 1 saturated heterocycles. The molecule has 0 spiro atoms. The molecule has 3 aromatic rings. The lowest BCUT2D eigenvalue weighted by Crippen LogP contribution is -2.47. The van der Waals surface area contributed by atoms with Gasteiger partial charge in [-0.1, -0.05) is 5.16 Å². The number of carbonyl (C=O) groups excluding carboxylic acids is 1. The van der Waals surface area contributed by atoms with Gasteiger partial charge in [0.25, 0.3) is 5.71 Å². The van der Waals surface area contributed by atoms with Gasteiger partial charge in [0.15, 0.2) is 0 Å². The summed E-state index contributed by atoms with van der Waals surface area (Å²) in [6, 6.07) is 8.02. The normalized spacial score (nSPS) is 14.4. The third kappa shape index (κ3) is 3.30. The van der Waals surface area contributed by atoms with Crippen molar-refractivity contribution in [1.29, 1.82) is 0 Å². The van der Waals surface area contributed by atoms with E-state index in [4.69, 9.17) is 14.0 Å². The third-order valence-corrected chi connectivity index (χ3v) is 4.74. The van der Waals surface area contributed by atoms with Gasteiger partial charge in [0.1, 0.15) is 23.3 Å². The highest BCUT2D eigenvalue weighted by atomic mass is 16.5. The number of ether oxygens (including phenoxy) is 2. The first-order valence-electron chi connectivity index (χ1n) is 9.12. The molecule has 0 radical (unpaired) electrons. The van der Waals surface area contributed by atoms with Crippen LogP contribution < -0.4 is 14.5 Å². The summed E-state index contributed by atoms with van der Waals surface area (Å²) in [5, 5.41) is 4.35. The van der Waals surface area contributed by atoms with Gasteiger partial charge in [-0.05, 0) is 31.2 Å². The predicted octanol–water partition coefficient (Wildman–Crippen LogP) is 2.13. The molecule has 1 fully saturated rings. The monoisotopic (exact) mass is 383 g/mol. The van der Waals surface area contributed by atoms with E-state index in [0.29, 0.717) is 11.2 Å². The highest BCUT2D eigenvalue weighted by molar-refractivity contribution is 6.04. The molecule has 0 N–H and O–H groups in total. The Labute approximate surface area is 161 Å². The second-order valence-electron chi connectivity index (χ2n) is 6.30. The maximum atomic E-state index is 12.2. The van der Waals surface area contributed by atoms with Crippen LogP contribution in [0.2, 0.25) is 0 Å². The predicted molar refractivity (Wildman–Crippen MR) is 103 cm³/mol. The van der Waals surface area contributed by atoms with E-state index in [2.05, 4.69) is 37.1 Å². The first-order valence-corrected chi connectivity index (χ1v) is 9.12. The zero-order valence-corrected chi connectivity index (χ0v) is 15.8. The molecule has 2 aromatic heterocycles. The minimum absolute atomic E-state index is 0.116. The molecule has 4 rings (SSSR count). The Bertz CT molecular complexity index is 964. The average Bonchev–Trinajstić information content (AvgIpc) is 3.19. The summed E-state index contributed by atoms with van der Waals surface area (Å²) in [6.07, 6.45) is 1.42. The van der Waals surface area contributed by atoms with Crippen molar-refractivity contribution in [2.45, 2.75) is 6.92 Å². The van der Waals surface area contributed by atoms with Gasteiger partial charge >= 0.3 is 5.97 Å². The molecule has 9 heteroatoms. The van der Waals surface area contributed by atoms with E-state index in [1.807, 2.05) is 12.1 Å². The number of fused-ring (bicyclic) bond motifs is 1. The molecule has 0 unspecified atom stereocenters. The van der Waals surface area contributed by atoms with Crippen LogP contribution in [0.3, 0.4) is 0 Å². The van der Waals surface area contributed by atoms with Gasteiger partial charge in [-0.15, -0.1) is 0 Å². The number of esters is 1. The fraction of sp³-hybridized carbons (Fsp3) is 0.368. The van der Waals surface area contributed by atoms with E-state index in [9.17, 15) is 4.79 Å². The third-order valence-electron chi connectivity index (χ3n) is 4.74.